The van der Waals surface area contributed by atoms with Gasteiger partial charge in [-0.3, -0.25) is 9.59 Å². The van der Waals surface area contributed by atoms with Crippen molar-refractivity contribution in [2.45, 2.75) is 6.92 Å². The molecule has 0 saturated heterocycles. The second-order valence-electron chi connectivity index (χ2n) is 7.45. The number of halogens is 2. The van der Waals surface area contributed by atoms with Crippen molar-refractivity contribution >= 4 is 58.3 Å². The molecule has 0 aliphatic carbocycles. The minimum absolute atomic E-state index is 0.118. The lowest BCUT2D eigenvalue weighted by Gasteiger charge is -2.15. The van der Waals surface area contributed by atoms with E-state index in [2.05, 4.69) is 5.32 Å². The van der Waals surface area contributed by atoms with Gasteiger partial charge in [-0.2, -0.15) is 0 Å². The van der Waals surface area contributed by atoms with Gasteiger partial charge in [0.2, 0.25) is 0 Å². The first-order valence-corrected chi connectivity index (χ1v) is 11.4. The first-order valence-electron chi connectivity index (χ1n) is 10.7. The quantitative estimate of drug-likeness (QED) is 0.258. The minimum Gasteiger partial charge on any atom is -0.462 e. The van der Waals surface area contributed by atoms with Crippen molar-refractivity contribution in [1.82, 2.24) is 0 Å². The molecule has 182 valence electrons. The van der Waals surface area contributed by atoms with Crippen molar-refractivity contribution in [3.05, 3.63) is 99.7 Å². The molecule has 3 aromatic carbocycles. The van der Waals surface area contributed by atoms with Gasteiger partial charge in [0.25, 0.3) is 11.8 Å². The number of benzene rings is 3. The fraction of sp³-hybridized carbons (Fsp3) is 0.0769. The van der Waals surface area contributed by atoms with Crippen molar-refractivity contribution in [3.63, 3.8) is 0 Å². The van der Waals surface area contributed by atoms with Crippen LogP contribution in [0.4, 0.5) is 11.4 Å². The molecular weight excluding hydrogens is 507 g/mol. The molecule has 1 heterocycles. The van der Waals surface area contributed by atoms with Gasteiger partial charge in [-0.25, -0.2) is 14.5 Å². The molecule has 0 atom stereocenters. The molecule has 0 unspecified atom stereocenters. The van der Waals surface area contributed by atoms with Crippen LogP contribution in [0.2, 0.25) is 5.02 Å². The fourth-order valence-electron chi connectivity index (χ4n) is 3.31. The zero-order valence-electron chi connectivity index (χ0n) is 18.8. The van der Waals surface area contributed by atoms with Gasteiger partial charge >= 0.3 is 11.9 Å². The van der Waals surface area contributed by atoms with Gasteiger partial charge in [0.05, 0.1) is 23.4 Å². The number of esters is 2. The highest BCUT2D eigenvalue weighted by Gasteiger charge is 2.39. The summed E-state index contributed by atoms with van der Waals surface area (Å²) in [5, 5.41) is 3.06. The van der Waals surface area contributed by atoms with E-state index in [1.807, 2.05) is 0 Å². The summed E-state index contributed by atoms with van der Waals surface area (Å²) in [5.41, 5.74) is 1.10. The summed E-state index contributed by atoms with van der Waals surface area (Å²) < 4.78 is 10.2. The Kier molecular flexibility index (Phi) is 7.38. The number of ether oxygens (including phenoxy) is 2. The molecule has 1 aliphatic rings. The van der Waals surface area contributed by atoms with Gasteiger partial charge in [-0.1, -0.05) is 23.2 Å². The Morgan fingerprint density at radius 1 is 0.806 bits per heavy atom. The summed E-state index contributed by atoms with van der Waals surface area (Å²) >= 11 is 12.0. The Morgan fingerprint density at radius 2 is 1.39 bits per heavy atom. The molecule has 8 nitrogen and oxygen atoms in total. The number of rotatable bonds is 7. The van der Waals surface area contributed by atoms with E-state index in [-0.39, 0.29) is 34.2 Å². The average Bonchev–Trinajstić information content (AvgIpc) is 3.09. The fourth-order valence-corrected chi connectivity index (χ4v) is 3.65. The van der Waals surface area contributed by atoms with E-state index >= 15 is 0 Å². The van der Waals surface area contributed by atoms with E-state index in [0.29, 0.717) is 16.5 Å². The molecule has 3 aromatic rings. The predicted octanol–water partition coefficient (Wildman–Crippen LogP) is 5.17. The van der Waals surface area contributed by atoms with Crippen molar-refractivity contribution in [2.75, 3.05) is 16.8 Å². The molecule has 1 N–H and O–H groups in total. The number of hydrogen-bond acceptors (Lipinski definition) is 7. The van der Waals surface area contributed by atoms with Crippen molar-refractivity contribution in [3.8, 4) is 5.75 Å². The summed E-state index contributed by atoms with van der Waals surface area (Å²) in [6.07, 6.45) is 0. The van der Waals surface area contributed by atoms with Crippen LogP contribution < -0.4 is 15.0 Å². The average molecular weight is 525 g/mol. The zero-order chi connectivity index (χ0) is 25.8. The van der Waals surface area contributed by atoms with Crippen LogP contribution in [0, 0.1) is 0 Å². The van der Waals surface area contributed by atoms with Gasteiger partial charge in [0.15, 0.2) is 0 Å². The summed E-state index contributed by atoms with van der Waals surface area (Å²) in [4.78, 5) is 50.8. The maximum atomic E-state index is 13.0. The van der Waals surface area contributed by atoms with Crippen LogP contribution in [-0.4, -0.2) is 30.4 Å². The van der Waals surface area contributed by atoms with E-state index in [4.69, 9.17) is 32.7 Å². The van der Waals surface area contributed by atoms with Gasteiger partial charge in [-0.15, -0.1) is 0 Å². The topological polar surface area (TPSA) is 102 Å². The summed E-state index contributed by atoms with van der Waals surface area (Å²) in [7, 11) is 0. The third kappa shape index (κ3) is 5.25. The van der Waals surface area contributed by atoms with E-state index < -0.39 is 23.8 Å². The largest absolute Gasteiger partial charge is 0.462 e. The molecule has 4 rings (SSSR count). The molecular formula is C26H18Cl2N2O6. The molecule has 10 heteroatoms. The third-order valence-corrected chi connectivity index (χ3v) is 5.68. The molecule has 0 spiro atoms. The van der Waals surface area contributed by atoms with E-state index in [9.17, 15) is 19.2 Å². The first kappa shape index (κ1) is 25.0. The number of carbonyl (C=O) groups is 4. The van der Waals surface area contributed by atoms with Crippen molar-refractivity contribution < 1.29 is 28.7 Å². The van der Waals surface area contributed by atoms with Crippen LogP contribution in [-0.2, 0) is 14.3 Å². The Balaban J connectivity index is 1.45. The first-order chi connectivity index (χ1) is 17.3. The number of carbonyl (C=O) groups excluding carboxylic acids is 4. The highest BCUT2D eigenvalue weighted by Crippen LogP contribution is 2.30. The molecule has 0 saturated carbocycles. The van der Waals surface area contributed by atoms with Crippen LogP contribution in [0.1, 0.15) is 27.6 Å². The van der Waals surface area contributed by atoms with E-state index in [1.54, 1.807) is 43.3 Å². The molecule has 36 heavy (non-hydrogen) atoms. The zero-order valence-corrected chi connectivity index (χ0v) is 20.3. The molecule has 0 radical (unpaired) electrons. The Morgan fingerprint density at radius 3 is 2.00 bits per heavy atom. The van der Waals surface area contributed by atoms with Crippen LogP contribution in [0.3, 0.4) is 0 Å². The number of imide groups is 1. The van der Waals surface area contributed by atoms with E-state index in [0.717, 1.165) is 4.90 Å². The third-order valence-electron chi connectivity index (χ3n) is 5.08. The van der Waals surface area contributed by atoms with Crippen LogP contribution in [0.15, 0.2) is 83.5 Å². The second kappa shape index (κ2) is 10.6. The normalized spacial score (nSPS) is 13.1. The Hall–Kier alpha value is -4.14. The van der Waals surface area contributed by atoms with Crippen LogP contribution in [0.25, 0.3) is 0 Å². The standard InChI is InChI=1S/C26H18Cl2N2O6/c1-2-35-25(33)15-5-11-19(12-6-15)30-23(31)21(28)22(24(30)32)29-18-9-3-16(4-10-18)26(34)36-20-13-7-17(27)8-14-20/h3-14,29H,2H2,1H3. The van der Waals surface area contributed by atoms with Crippen molar-refractivity contribution in [1.29, 1.82) is 0 Å². The number of anilines is 2. The predicted molar refractivity (Wildman–Crippen MR) is 134 cm³/mol. The summed E-state index contributed by atoms with van der Waals surface area (Å²) in [6, 6.07) is 18.3. The molecule has 0 fully saturated rings. The van der Waals surface area contributed by atoms with E-state index in [1.165, 1.54) is 36.4 Å². The lowest BCUT2D eigenvalue weighted by atomic mass is 10.2. The molecule has 0 bridgehead atoms. The molecule has 0 aromatic heterocycles. The highest BCUT2D eigenvalue weighted by atomic mass is 35.5. The lowest BCUT2D eigenvalue weighted by Crippen LogP contribution is -2.32. The van der Waals surface area contributed by atoms with Gasteiger partial charge < -0.3 is 14.8 Å². The molecule has 1 aliphatic heterocycles. The van der Waals surface area contributed by atoms with Crippen LogP contribution in [0.5, 0.6) is 5.75 Å². The number of nitrogens with zero attached hydrogens (tertiary/aromatic N) is 1. The minimum atomic E-state index is -0.712. The number of nitrogens with one attached hydrogen (secondary N) is 1. The number of amides is 2. The lowest BCUT2D eigenvalue weighted by molar-refractivity contribution is -0.120. The van der Waals surface area contributed by atoms with Gasteiger partial charge in [0.1, 0.15) is 16.5 Å². The molecule has 2 amide bonds. The maximum Gasteiger partial charge on any atom is 0.343 e. The maximum absolute atomic E-state index is 13.0. The SMILES string of the molecule is CCOC(=O)c1ccc(N2C(=O)C(Cl)=C(Nc3ccc(C(=O)Oc4ccc(Cl)cc4)cc3)C2=O)cc1. The Labute approximate surface area is 216 Å². The van der Waals surface area contributed by atoms with Gasteiger partial charge in [-0.05, 0) is 79.7 Å². The number of hydrogen-bond donors (Lipinski definition) is 1. The summed E-state index contributed by atoms with van der Waals surface area (Å²) in [6.45, 7) is 1.92. The Bertz CT molecular complexity index is 1370. The summed E-state index contributed by atoms with van der Waals surface area (Å²) in [5.74, 6) is -2.13. The van der Waals surface area contributed by atoms with Gasteiger partial charge in [0, 0.05) is 10.7 Å². The van der Waals surface area contributed by atoms with Crippen LogP contribution >= 0.6 is 23.2 Å². The smallest absolute Gasteiger partial charge is 0.343 e. The monoisotopic (exact) mass is 524 g/mol. The van der Waals surface area contributed by atoms with Crippen molar-refractivity contribution in [2.24, 2.45) is 0 Å². The highest BCUT2D eigenvalue weighted by molar-refractivity contribution is 6.53. The second-order valence-corrected chi connectivity index (χ2v) is 8.26.